The predicted octanol–water partition coefficient (Wildman–Crippen LogP) is 3.90. The van der Waals surface area contributed by atoms with E-state index >= 15 is 0 Å². The number of carbonyl (C=O) groups excluding carboxylic acids is 2. The molecule has 0 aromatic heterocycles. The minimum absolute atomic E-state index is 0.0227. The van der Waals surface area contributed by atoms with E-state index < -0.39 is 12.7 Å². The largest absolute Gasteiger partial charge is 0.434 e. The van der Waals surface area contributed by atoms with E-state index in [1.165, 1.54) is 6.07 Å². The first-order valence-corrected chi connectivity index (χ1v) is 10.0. The Morgan fingerprint density at radius 3 is 2.47 bits per heavy atom. The van der Waals surface area contributed by atoms with Crippen LogP contribution in [0.2, 0.25) is 0 Å². The maximum absolute atomic E-state index is 13.0. The van der Waals surface area contributed by atoms with E-state index in [1.807, 2.05) is 38.1 Å². The van der Waals surface area contributed by atoms with Crippen LogP contribution >= 0.6 is 0 Å². The average molecular weight is 416 g/mol. The van der Waals surface area contributed by atoms with Gasteiger partial charge in [0.1, 0.15) is 11.8 Å². The summed E-state index contributed by atoms with van der Waals surface area (Å²) in [6, 6.07) is 13.5. The van der Waals surface area contributed by atoms with Crippen LogP contribution in [0.15, 0.2) is 48.5 Å². The highest BCUT2D eigenvalue weighted by atomic mass is 19.3. The fourth-order valence-electron chi connectivity index (χ4n) is 3.65. The van der Waals surface area contributed by atoms with Gasteiger partial charge in [0.25, 0.3) is 0 Å². The quantitative estimate of drug-likeness (QED) is 0.745. The van der Waals surface area contributed by atoms with Crippen molar-refractivity contribution in [2.75, 3.05) is 0 Å². The molecule has 2 aromatic carbocycles. The molecule has 1 N–H and O–H groups in total. The molecule has 30 heavy (non-hydrogen) atoms. The van der Waals surface area contributed by atoms with E-state index in [-0.39, 0.29) is 30.0 Å². The summed E-state index contributed by atoms with van der Waals surface area (Å²) in [5.41, 5.74) is 2.52. The molecule has 2 amide bonds. The smallest absolute Gasteiger partial charge is 0.387 e. The Kier molecular flexibility index (Phi) is 7.03. The minimum atomic E-state index is -2.94. The summed E-state index contributed by atoms with van der Waals surface area (Å²) in [6.07, 6.45) is 0.776. The molecule has 0 fully saturated rings. The van der Waals surface area contributed by atoms with Crippen molar-refractivity contribution in [2.45, 2.75) is 52.4 Å². The number of fused-ring (bicyclic) bond motifs is 1. The number of benzene rings is 2. The van der Waals surface area contributed by atoms with Crippen molar-refractivity contribution in [3.8, 4) is 5.75 Å². The molecular weight excluding hydrogens is 390 g/mol. The van der Waals surface area contributed by atoms with Gasteiger partial charge in [-0.3, -0.25) is 9.59 Å². The van der Waals surface area contributed by atoms with Crippen molar-refractivity contribution in [3.05, 3.63) is 65.2 Å². The highest BCUT2D eigenvalue weighted by Gasteiger charge is 2.34. The molecule has 0 bridgehead atoms. The molecule has 1 aliphatic rings. The van der Waals surface area contributed by atoms with Crippen molar-refractivity contribution in [2.24, 2.45) is 5.92 Å². The molecule has 160 valence electrons. The first kappa shape index (κ1) is 21.7. The zero-order valence-electron chi connectivity index (χ0n) is 17.1. The minimum Gasteiger partial charge on any atom is -0.434 e. The van der Waals surface area contributed by atoms with Gasteiger partial charge in [0, 0.05) is 31.5 Å². The summed E-state index contributed by atoms with van der Waals surface area (Å²) in [5, 5.41) is 2.79. The van der Waals surface area contributed by atoms with Gasteiger partial charge < -0.3 is 15.0 Å². The third-order valence-electron chi connectivity index (χ3n) is 5.10. The van der Waals surface area contributed by atoms with Gasteiger partial charge in [-0.1, -0.05) is 56.3 Å². The summed E-state index contributed by atoms with van der Waals surface area (Å²) < 4.78 is 29.8. The highest BCUT2D eigenvalue weighted by Crippen LogP contribution is 2.25. The number of hydrogen-bond donors (Lipinski definition) is 1. The Bertz CT molecular complexity index is 902. The Morgan fingerprint density at radius 1 is 1.10 bits per heavy atom. The summed E-state index contributed by atoms with van der Waals surface area (Å²) in [5.74, 6) is -0.180. The van der Waals surface area contributed by atoms with E-state index in [0.29, 0.717) is 24.9 Å². The maximum atomic E-state index is 13.0. The maximum Gasteiger partial charge on any atom is 0.387 e. The Balaban J connectivity index is 1.76. The van der Waals surface area contributed by atoms with Gasteiger partial charge in [0.2, 0.25) is 11.8 Å². The first-order chi connectivity index (χ1) is 14.3. The first-order valence-electron chi connectivity index (χ1n) is 10.0. The van der Waals surface area contributed by atoms with Crippen LogP contribution in [0.4, 0.5) is 8.78 Å². The lowest BCUT2D eigenvalue weighted by Gasteiger charge is -2.36. The summed E-state index contributed by atoms with van der Waals surface area (Å²) >= 11 is 0. The number of hydrogen-bond acceptors (Lipinski definition) is 3. The highest BCUT2D eigenvalue weighted by molar-refractivity contribution is 5.88. The van der Waals surface area contributed by atoms with Gasteiger partial charge in [-0.05, 0) is 23.1 Å². The molecular formula is C23H26F2N2O3. The van der Waals surface area contributed by atoms with Crippen molar-refractivity contribution >= 4 is 11.8 Å². The van der Waals surface area contributed by atoms with Crippen molar-refractivity contribution in [1.82, 2.24) is 10.2 Å². The van der Waals surface area contributed by atoms with E-state index in [9.17, 15) is 18.4 Å². The Morgan fingerprint density at radius 2 is 1.77 bits per heavy atom. The van der Waals surface area contributed by atoms with Crippen LogP contribution in [0.3, 0.4) is 0 Å². The lowest BCUT2D eigenvalue weighted by atomic mass is 9.92. The zero-order valence-corrected chi connectivity index (χ0v) is 17.1. The topological polar surface area (TPSA) is 58.6 Å². The van der Waals surface area contributed by atoms with Crippen LogP contribution in [0.25, 0.3) is 0 Å². The van der Waals surface area contributed by atoms with Crippen molar-refractivity contribution in [1.29, 1.82) is 0 Å². The Hall–Kier alpha value is -2.96. The monoisotopic (exact) mass is 416 g/mol. The van der Waals surface area contributed by atoms with Crippen molar-refractivity contribution < 1.29 is 23.1 Å². The van der Waals surface area contributed by atoms with Crippen LogP contribution in [0.5, 0.6) is 5.75 Å². The fraction of sp³-hybridized carbons (Fsp3) is 0.391. The summed E-state index contributed by atoms with van der Waals surface area (Å²) in [6.45, 7) is 1.40. The fourth-order valence-corrected chi connectivity index (χ4v) is 3.65. The summed E-state index contributed by atoms with van der Waals surface area (Å²) in [4.78, 5) is 27.5. The normalized spacial score (nSPS) is 15.8. The molecule has 1 heterocycles. The van der Waals surface area contributed by atoms with Crippen LogP contribution in [0, 0.1) is 5.92 Å². The third-order valence-corrected chi connectivity index (χ3v) is 5.10. The number of carbonyl (C=O) groups is 2. The van der Waals surface area contributed by atoms with Gasteiger partial charge in [-0.25, -0.2) is 0 Å². The molecule has 0 aliphatic carbocycles. The molecule has 1 aliphatic heterocycles. The van der Waals surface area contributed by atoms with Gasteiger partial charge >= 0.3 is 6.61 Å². The summed E-state index contributed by atoms with van der Waals surface area (Å²) in [7, 11) is 0. The molecule has 0 radical (unpaired) electrons. The molecule has 0 spiro atoms. The second-order valence-corrected chi connectivity index (χ2v) is 7.81. The van der Waals surface area contributed by atoms with Gasteiger partial charge in [0.05, 0.1) is 0 Å². The predicted molar refractivity (Wildman–Crippen MR) is 109 cm³/mol. The molecule has 3 rings (SSSR count). The number of nitrogens with zero attached hydrogens (tertiary/aromatic N) is 1. The van der Waals surface area contributed by atoms with Gasteiger partial charge in [0.15, 0.2) is 0 Å². The van der Waals surface area contributed by atoms with Gasteiger partial charge in [-0.15, -0.1) is 0 Å². The number of halogens is 2. The lowest BCUT2D eigenvalue weighted by molar-refractivity contribution is -0.142. The van der Waals surface area contributed by atoms with Crippen LogP contribution in [0.1, 0.15) is 37.0 Å². The molecule has 0 saturated heterocycles. The van der Waals surface area contributed by atoms with E-state index in [2.05, 4.69) is 10.1 Å². The van der Waals surface area contributed by atoms with Crippen molar-refractivity contribution in [3.63, 3.8) is 0 Å². The SMILES string of the molecule is CC(C)CC(=O)N1Cc2ccccc2CC1C(=O)NCc1ccccc1OC(F)F. The number of alkyl halides is 2. The zero-order chi connectivity index (χ0) is 21.7. The third kappa shape index (κ3) is 5.34. The average Bonchev–Trinajstić information content (AvgIpc) is 2.71. The lowest BCUT2D eigenvalue weighted by Crippen LogP contribution is -2.52. The second-order valence-electron chi connectivity index (χ2n) is 7.81. The second kappa shape index (κ2) is 9.69. The number of para-hydroxylation sites is 1. The molecule has 5 nitrogen and oxygen atoms in total. The number of amides is 2. The molecule has 7 heteroatoms. The molecule has 1 atom stereocenters. The molecule has 2 aromatic rings. The molecule has 0 saturated carbocycles. The molecule has 1 unspecified atom stereocenters. The van der Waals surface area contributed by atoms with E-state index in [1.54, 1.807) is 23.1 Å². The van der Waals surface area contributed by atoms with Crippen LogP contribution < -0.4 is 10.1 Å². The number of nitrogens with one attached hydrogen (secondary N) is 1. The van der Waals surface area contributed by atoms with Crippen LogP contribution in [-0.2, 0) is 29.1 Å². The Labute approximate surface area is 175 Å². The number of rotatable bonds is 7. The van der Waals surface area contributed by atoms with Crippen LogP contribution in [-0.4, -0.2) is 29.4 Å². The number of ether oxygens (including phenoxy) is 1. The van der Waals surface area contributed by atoms with E-state index in [0.717, 1.165) is 11.1 Å². The van der Waals surface area contributed by atoms with Gasteiger partial charge in [-0.2, -0.15) is 8.78 Å². The standard InChI is InChI=1S/C23H26F2N2O3/c1-15(2)11-21(28)27-14-18-9-4-3-7-16(18)12-19(27)22(29)26-13-17-8-5-6-10-20(17)30-23(24)25/h3-10,15,19,23H,11-14H2,1-2H3,(H,26,29). The van der Waals surface area contributed by atoms with E-state index in [4.69, 9.17) is 0 Å².